The number of rotatable bonds is 4. The molecule has 0 saturated carbocycles. The van der Waals surface area contributed by atoms with Crippen LogP contribution in [0.2, 0.25) is 0 Å². The fraction of sp³-hybridized carbons (Fsp3) is 0.250. The van der Waals surface area contributed by atoms with Crippen LogP contribution >= 0.6 is 0 Å². The van der Waals surface area contributed by atoms with E-state index >= 15 is 0 Å². The number of aromatic nitrogens is 3. The Labute approximate surface area is 157 Å². The summed E-state index contributed by atoms with van der Waals surface area (Å²) in [6.07, 6.45) is 3.50. The van der Waals surface area contributed by atoms with E-state index in [4.69, 9.17) is 9.47 Å². The van der Waals surface area contributed by atoms with Crippen molar-refractivity contribution >= 4 is 17.5 Å². The molecule has 0 amide bonds. The van der Waals surface area contributed by atoms with E-state index < -0.39 is 0 Å². The van der Waals surface area contributed by atoms with Gasteiger partial charge in [0.2, 0.25) is 12.7 Å². The number of fused-ring (bicyclic) bond motifs is 1. The summed E-state index contributed by atoms with van der Waals surface area (Å²) in [5.41, 5.74) is 2.48. The summed E-state index contributed by atoms with van der Waals surface area (Å²) in [6, 6.07) is 11.5. The average molecular weight is 363 g/mol. The summed E-state index contributed by atoms with van der Waals surface area (Å²) in [6.45, 7) is 6.46. The Kier molecular flexibility index (Phi) is 4.27. The predicted octanol–water partition coefficient (Wildman–Crippen LogP) is 4.22. The van der Waals surface area contributed by atoms with Crippen LogP contribution in [0.25, 0.3) is 11.3 Å². The van der Waals surface area contributed by atoms with Gasteiger partial charge in [-0.2, -0.15) is 4.98 Å². The smallest absolute Gasteiger partial charge is 0.231 e. The molecule has 4 rings (SSSR count). The normalized spacial score (nSPS) is 12.7. The van der Waals surface area contributed by atoms with Gasteiger partial charge in [0.1, 0.15) is 5.82 Å². The van der Waals surface area contributed by atoms with Gasteiger partial charge in [0, 0.05) is 41.3 Å². The lowest BCUT2D eigenvalue weighted by Gasteiger charge is -2.21. The Morgan fingerprint density at radius 3 is 2.48 bits per heavy atom. The van der Waals surface area contributed by atoms with Gasteiger partial charge in [0.05, 0.1) is 5.69 Å². The first-order valence-corrected chi connectivity index (χ1v) is 8.71. The zero-order chi connectivity index (χ0) is 18.9. The molecule has 3 heterocycles. The molecule has 2 N–H and O–H groups in total. The number of nitrogens with zero attached hydrogens (tertiary/aromatic N) is 3. The lowest BCUT2D eigenvalue weighted by atomic mass is 10.1. The summed E-state index contributed by atoms with van der Waals surface area (Å²) >= 11 is 0. The quantitative estimate of drug-likeness (QED) is 0.718. The van der Waals surface area contributed by atoms with Gasteiger partial charge < -0.3 is 20.1 Å². The highest BCUT2D eigenvalue weighted by molar-refractivity contribution is 5.68. The maximum absolute atomic E-state index is 5.45. The van der Waals surface area contributed by atoms with Crippen LogP contribution in [0.5, 0.6) is 11.5 Å². The van der Waals surface area contributed by atoms with E-state index in [0.717, 1.165) is 28.4 Å². The van der Waals surface area contributed by atoms with Gasteiger partial charge in [-0.3, -0.25) is 4.98 Å². The highest BCUT2D eigenvalue weighted by Gasteiger charge is 2.16. The number of nitrogens with one attached hydrogen (secondary N) is 2. The van der Waals surface area contributed by atoms with E-state index in [2.05, 4.69) is 46.4 Å². The fourth-order valence-corrected chi connectivity index (χ4v) is 2.70. The van der Waals surface area contributed by atoms with Crippen LogP contribution in [0, 0.1) is 0 Å². The SMILES string of the molecule is CC(C)(C)Nc1nc(Nc2ccc3c(c2)OCO3)cc(-c2ccncc2)n1. The molecular weight excluding hydrogens is 342 g/mol. The third kappa shape index (κ3) is 4.08. The summed E-state index contributed by atoms with van der Waals surface area (Å²) in [7, 11) is 0. The first kappa shape index (κ1) is 17.1. The van der Waals surface area contributed by atoms with Gasteiger partial charge in [0.15, 0.2) is 11.5 Å². The molecule has 0 saturated heterocycles. The highest BCUT2D eigenvalue weighted by Crippen LogP contribution is 2.35. The Morgan fingerprint density at radius 2 is 1.70 bits per heavy atom. The molecule has 3 aromatic rings. The van der Waals surface area contributed by atoms with Crippen LogP contribution in [0.4, 0.5) is 17.5 Å². The fourth-order valence-electron chi connectivity index (χ4n) is 2.70. The molecule has 1 aliphatic rings. The van der Waals surface area contributed by atoms with Crippen molar-refractivity contribution in [2.24, 2.45) is 0 Å². The van der Waals surface area contributed by atoms with Crippen LogP contribution < -0.4 is 20.1 Å². The number of ether oxygens (including phenoxy) is 2. The monoisotopic (exact) mass is 363 g/mol. The molecule has 138 valence electrons. The lowest BCUT2D eigenvalue weighted by Crippen LogP contribution is -2.27. The van der Waals surface area contributed by atoms with Gasteiger partial charge in [0.25, 0.3) is 0 Å². The predicted molar refractivity (Wildman–Crippen MR) is 104 cm³/mol. The molecule has 0 atom stereocenters. The Morgan fingerprint density at radius 1 is 0.926 bits per heavy atom. The topological polar surface area (TPSA) is 81.2 Å². The van der Waals surface area contributed by atoms with Gasteiger partial charge in [-0.05, 0) is 45.0 Å². The van der Waals surface area contributed by atoms with Crippen LogP contribution in [0.1, 0.15) is 20.8 Å². The Balaban J connectivity index is 1.69. The van der Waals surface area contributed by atoms with Crippen LogP contribution in [0.15, 0.2) is 48.8 Å². The standard InChI is InChI=1S/C20H21N5O2/c1-20(2,3)25-19-23-15(13-6-8-21-9-7-13)11-18(24-19)22-14-4-5-16-17(10-14)27-12-26-16/h4-11H,12H2,1-3H3,(H2,22,23,24,25). The minimum atomic E-state index is -0.160. The van der Waals surface area contributed by atoms with Crippen LogP contribution in [-0.4, -0.2) is 27.3 Å². The molecule has 7 heteroatoms. The van der Waals surface area contributed by atoms with Crippen LogP contribution in [0.3, 0.4) is 0 Å². The summed E-state index contributed by atoms with van der Waals surface area (Å²) in [5.74, 6) is 2.70. The molecule has 1 aromatic carbocycles. The Hall–Kier alpha value is -3.35. The molecule has 7 nitrogen and oxygen atoms in total. The van der Waals surface area contributed by atoms with E-state index in [0.29, 0.717) is 11.8 Å². The molecule has 0 aliphatic carbocycles. The minimum absolute atomic E-state index is 0.160. The van der Waals surface area contributed by atoms with E-state index in [-0.39, 0.29) is 12.3 Å². The van der Waals surface area contributed by atoms with Crippen molar-refractivity contribution in [1.82, 2.24) is 15.0 Å². The number of hydrogen-bond donors (Lipinski definition) is 2. The van der Waals surface area contributed by atoms with E-state index in [1.54, 1.807) is 12.4 Å². The molecule has 0 spiro atoms. The zero-order valence-electron chi connectivity index (χ0n) is 15.5. The third-order valence-electron chi connectivity index (χ3n) is 3.83. The molecule has 2 aromatic heterocycles. The van der Waals surface area contributed by atoms with Gasteiger partial charge in [-0.25, -0.2) is 4.98 Å². The lowest BCUT2D eigenvalue weighted by molar-refractivity contribution is 0.174. The number of hydrogen-bond acceptors (Lipinski definition) is 7. The van der Waals surface area contributed by atoms with Gasteiger partial charge in [-0.15, -0.1) is 0 Å². The zero-order valence-corrected chi connectivity index (χ0v) is 15.5. The second-order valence-electron chi connectivity index (χ2n) is 7.27. The summed E-state index contributed by atoms with van der Waals surface area (Å²) in [5, 5.41) is 6.66. The van der Waals surface area contributed by atoms with Crippen LogP contribution in [-0.2, 0) is 0 Å². The van der Waals surface area contributed by atoms with Crippen molar-refractivity contribution in [2.75, 3.05) is 17.4 Å². The first-order chi connectivity index (χ1) is 13.0. The molecule has 0 unspecified atom stereocenters. The van der Waals surface area contributed by atoms with Crippen molar-refractivity contribution in [3.8, 4) is 22.8 Å². The number of anilines is 3. The van der Waals surface area contributed by atoms with Crippen molar-refractivity contribution < 1.29 is 9.47 Å². The van der Waals surface area contributed by atoms with E-state index in [1.165, 1.54) is 0 Å². The van der Waals surface area contributed by atoms with Gasteiger partial charge in [-0.1, -0.05) is 0 Å². The molecule has 0 fully saturated rings. The second-order valence-corrected chi connectivity index (χ2v) is 7.27. The molecule has 0 radical (unpaired) electrons. The molecule has 27 heavy (non-hydrogen) atoms. The van der Waals surface area contributed by atoms with Crippen molar-refractivity contribution in [2.45, 2.75) is 26.3 Å². The van der Waals surface area contributed by atoms with E-state index in [9.17, 15) is 0 Å². The van der Waals surface area contributed by atoms with Crippen molar-refractivity contribution in [3.05, 3.63) is 48.8 Å². The summed E-state index contributed by atoms with van der Waals surface area (Å²) in [4.78, 5) is 13.3. The number of pyridine rings is 1. The van der Waals surface area contributed by atoms with Gasteiger partial charge >= 0.3 is 0 Å². The Bertz CT molecular complexity index is 954. The maximum atomic E-state index is 5.45. The summed E-state index contributed by atoms with van der Waals surface area (Å²) < 4.78 is 10.8. The average Bonchev–Trinajstić information content (AvgIpc) is 3.08. The first-order valence-electron chi connectivity index (χ1n) is 8.71. The molecular formula is C20H21N5O2. The largest absolute Gasteiger partial charge is 0.454 e. The van der Waals surface area contributed by atoms with E-state index in [1.807, 2.05) is 36.4 Å². The minimum Gasteiger partial charge on any atom is -0.454 e. The molecule has 1 aliphatic heterocycles. The third-order valence-corrected chi connectivity index (χ3v) is 3.83. The number of benzene rings is 1. The van der Waals surface area contributed by atoms with Crippen molar-refractivity contribution in [1.29, 1.82) is 0 Å². The molecule has 0 bridgehead atoms. The highest BCUT2D eigenvalue weighted by atomic mass is 16.7. The second kappa shape index (κ2) is 6.75. The van der Waals surface area contributed by atoms with Crippen molar-refractivity contribution in [3.63, 3.8) is 0 Å². The maximum Gasteiger partial charge on any atom is 0.231 e.